The first-order chi connectivity index (χ1) is 12.0. The van der Waals surface area contributed by atoms with Crippen molar-refractivity contribution in [1.29, 1.82) is 0 Å². The van der Waals surface area contributed by atoms with Gasteiger partial charge in [0, 0.05) is 6.54 Å². The van der Waals surface area contributed by atoms with Crippen molar-refractivity contribution in [2.24, 2.45) is 0 Å². The van der Waals surface area contributed by atoms with Crippen LogP contribution in [0.5, 0.6) is 0 Å². The lowest BCUT2D eigenvalue weighted by molar-refractivity contribution is -0.138. The third-order valence-electron chi connectivity index (χ3n) is 2.68. The molecule has 0 aliphatic carbocycles. The summed E-state index contributed by atoms with van der Waals surface area (Å²) in [6, 6.07) is 0. The summed E-state index contributed by atoms with van der Waals surface area (Å²) >= 11 is 0. The second kappa shape index (κ2) is 17.7. The summed E-state index contributed by atoms with van der Waals surface area (Å²) in [6.45, 7) is 3.18. The number of amides is 1. The van der Waals surface area contributed by atoms with Crippen LogP contribution in [0, 0.1) is 0 Å². The molecule has 0 fully saturated rings. The summed E-state index contributed by atoms with van der Waals surface area (Å²) in [5.41, 5.74) is 0. The molecule has 10 nitrogen and oxygen atoms in total. The van der Waals surface area contributed by atoms with E-state index in [1.807, 2.05) is 0 Å². The van der Waals surface area contributed by atoms with Gasteiger partial charge in [0.25, 0.3) is 0 Å². The lowest BCUT2D eigenvalue weighted by Crippen LogP contribution is -2.27. The Bertz CT molecular complexity index is 381. The number of carboxylic acid groups (broad SMARTS) is 1. The summed E-state index contributed by atoms with van der Waals surface area (Å²) in [5, 5.41) is 11.0. The molecule has 25 heavy (non-hydrogen) atoms. The number of nitrogens with one attached hydrogen (secondary N) is 1. The summed E-state index contributed by atoms with van der Waals surface area (Å²) in [6.07, 6.45) is -0.0252. The molecule has 1 amide bonds. The first kappa shape index (κ1) is 23.8. The van der Waals surface area contributed by atoms with E-state index in [1.165, 1.54) is 0 Å². The number of rotatable bonds is 18. The monoisotopic (exact) mass is 384 g/mol. The highest BCUT2D eigenvalue weighted by molar-refractivity contribution is 7.38. The number of hydrogen-bond donors (Lipinski definition) is 3. The van der Waals surface area contributed by atoms with Gasteiger partial charge >= 0.3 is 14.0 Å². The molecule has 0 aromatic carbocycles. The van der Waals surface area contributed by atoms with Crippen molar-refractivity contribution in [2.75, 3.05) is 65.6 Å². The topological polar surface area (TPSA) is 141 Å². The molecule has 0 saturated carbocycles. The van der Waals surface area contributed by atoms with Gasteiger partial charge in [-0.15, -0.1) is 0 Å². The molecule has 0 rings (SSSR count). The zero-order valence-corrected chi connectivity index (χ0v) is 15.1. The molecule has 0 aliphatic rings. The van der Waals surface area contributed by atoms with Crippen LogP contribution in [-0.4, -0.2) is 87.4 Å². The number of aliphatic carboxylic acids is 1. The van der Waals surface area contributed by atoms with Crippen LogP contribution in [-0.2, 0) is 33.1 Å². The van der Waals surface area contributed by atoms with Crippen molar-refractivity contribution >= 4 is 19.9 Å². The van der Waals surface area contributed by atoms with E-state index in [1.54, 1.807) is 0 Å². The summed E-state index contributed by atoms with van der Waals surface area (Å²) in [4.78, 5) is 30.0. The predicted octanol–water partition coefficient (Wildman–Crippen LogP) is -0.231. The van der Waals surface area contributed by atoms with Crippen LogP contribution in [0.3, 0.4) is 0 Å². The van der Waals surface area contributed by atoms with E-state index in [9.17, 15) is 14.2 Å². The summed E-state index contributed by atoms with van der Waals surface area (Å²) < 4.78 is 31.2. The largest absolute Gasteiger partial charge is 0.505 e. The maximum Gasteiger partial charge on any atom is 0.505 e. The van der Waals surface area contributed by atoms with Crippen molar-refractivity contribution in [1.82, 2.24) is 5.32 Å². The molecule has 0 spiro atoms. The molecule has 0 heterocycles. The average molecular weight is 384 g/mol. The minimum atomic E-state index is -2.27. The maximum atomic E-state index is 11.2. The molecule has 11 heteroatoms. The van der Waals surface area contributed by atoms with E-state index in [0.717, 1.165) is 0 Å². The molecular formula is C14H27NO9P+. The van der Waals surface area contributed by atoms with Crippen molar-refractivity contribution in [3.05, 3.63) is 0 Å². The standard InChI is InChI=1S/C14H26NO9P/c16-13(2-12-25(19)20)15-3-5-22-7-9-24-11-10-23-8-6-21-4-1-14(17)18/h1-12H2,(H2-,15,16,17,18,19,20)/p+1. The molecule has 146 valence electrons. The van der Waals surface area contributed by atoms with Crippen LogP contribution < -0.4 is 5.32 Å². The molecule has 0 saturated heterocycles. The summed E-state index contributed by atoms with van der Waals surface area (Å²) in [5.74, 6) is -1.17. The van der Waals surface area contributed by atoms with Gasteiger partial charge in [0.2, 0.25) is 5.91 Å². The van der Waals surface area contributed by atoms with Crippen molar-refractivity contribution < 1.29 is 43.1 Å². The van der Waals surface area contributed by atoms with Gasteiger partial charge in [0.1, 0.15) is 0 Å². The zero-order chi connectivity index (χ0) is 18.8. The minimum absolute atomic E-state index is 0.0171. The van der Waals surface area contributed by atoms with Gasteiger partial charge in [-0.1, -0.05) is 0 Å². The number of hydrogen-bond acceptors (Lipinski definition) is 7. The quantitative estimate of drug-likeness (QED) is 0.216. The van der Waals surface area contributed by atoms with Gasteiger partial charge in [-0.2, -0.15) is 4.89 Å². The molecule has 0 aliphatic heterocycles. The molecule has 3 N–H and O–H groups in total. The van der Waals surface area contributed by atoms with Gasteiger partial charge in [-0.05, 0) is 4.57 Å². The smallest absolute Gasteiger partial charge is 0.481 e. The van der Waals surface area contributed by atoms with Gasteiger partial charge in [0.05, 0.1) is 65.7 Å². The van der Waals surface area contributed by atoms with Crippen LogP contribution in [0.4, 0.5) is 0 Å². The SMILES string of the molecule is O=C(O)CCOCCOCCOCCOCCNC(=O)CC[P+](=O)O. The Labute approximate surface area is 147 Å². The molecular weight excluding hydrogens is 357 g/mol. The van der Waals surface area contributed by atoms with Crippen LogP contribution in [0.15, 0.2) is 0 Å². The Hall–Kier alpha value is -1.16. The fraction of sp³-hybridized carbons (Fsp3) is 0.857. The van der Waals surface area contributed by atoms with E-state index in [2.05, 4.69) is 5.32 Å². The van der Waals surface area contributed by atoms with Crippen LogP contribution in [0.1, 0.15) is 12.8 Å². The number of ether oxygens (including phenoxy) is 4. The van der Waals surface area contributed by atoms with E-state index in [4.69, 9.17) is 28.9 Å². The second-order valence-corrected chi connectivity index (χ2v) is 5.92. The Kier molecular flexibility index (Phi) is 16.8. The molecule has 0 aromatic heterocycles. The third-order valence-corrected chi connectivity index (χ3v) is 3.28. The van der Waals surface area contributed by atoms with Gasteiger partial charge in [-0.25, -0.2) is 0 Å². The zero-order valence-electron chi connectivity index (χ0n) is 14.2. The maximum absolute atomic E-state index is 11.2. The average Bonchev–Trinajstić information content (AvgIpc) is 2.56. The van der Waals surface area contributed by atoms with Crippen molar-refractivity contribution in [2.45, 2.75) is 12.8 Å². The van der Waals surface area contributed by atoms with Crippen molar-refractivity contribution in [3.63, 3.8) is 0 Å². The minimum Gasteiger partial charge on any atom is -0.481 e. The summed E-state index contributed by atoms with van der Waals surface area (Å²) in [7, 11) is -2.27. The number of carbonyl (C=O) groups excluding carboxylic acids is 1. The lowest BCUT2D eigenvalue weighted by Gasteiger charge is -2.07. The lowest BCUT2D eigenvalue weighted by atomic mass is 10.4. The normalized spacial score (nSPS) is 11.3. The van der Waals surface area contributed by atoms with Crippen LogP contribution in [0.2, 0.25) is 0 Å². The number of carbonyl (C=O) groups is 2. The van der Waals surface area contributed by atoms with E-state index in [-0.39, 0.29) is 31.5 Å². The molecule has 0 aromatic rings. The van der Waals surface area contributed by atoms with E-state index >= 15 is 0 Å². The Morgan fingerprint density at radius 2 is 1.28 bits per heavy atom. The Morgan fingerprint density at radius 3 is 1.76 bits per heavy atom. The fourth-order valence-electron chi connectivity index (χ4n) is 1.47. The van der Waals surface area contributed by atoms with Crippen LogP contribution in [0.25, 0.3) is 0 Å². The third kappa shape index (κ3) is 20.8. The van der Waals surface area contributed by atoms with Gasteiger partial charge in [-0.3, -0.25) is 9.59 Å². The first-order valence-electron chi connectivity index (χ1n) is 7.95. The van der Waals surface area contributed by atoms with E-state index < -0.39 is 14.0 Å². The highest BCUT2D eigenvalue weighted by Gasteiger charge is 2.12. The Balaban J connectivity index is 3.13. The highest BCUT2D eigenvalue weighted by Crippen LogP contribution is 2.12. The fourth-order valence-corrected chi connectivity index (χ4v) is 1.86. The predicted molar refractivity (Wildman–Crippen MR) is 87.8 cm³/mol. The highest BCUT2D eigenvalue weighted by atomic mass is 31.1. The second-order valence-electron chi connectivity index (χ2n) is 4.77. The first-order valence-corrected chi connectivity index (χ1v) is 9.35. The molecule has 1 atom stereocenters. The van der Waals surface area contributed by atoms with Gasteiger partial charge in [0.15, 0.2) is 6.16 Å². The molecule has 1 unspecified atom stereocenters. The van der Waals surface area contributed by atoms with Crippen molar-refractivity contribution in [3.8, 4) is 0 Å². The number of carboxylic acids is 1. The van der Waals surface area contributed by atoms with E-state index in [0.29, 0.717) is 52.8 Å². The van der Waals surface area contributed by atoms with Gasteiger partial charge < -0.3 is 29.4 Å². The molecule has 0 bridgehead atoms. The van der Waals surface area contributed by atoms with Crippen LogP contribution >= 0.6 is 8.03 Å². The Morgan fingerprint density at radius 1 is 0.800 bits per heavy atom. The molecule has 0 radical (unpaired) electrons.